The van der Waals surface area contributed by atoms with Gasteiger partial charge in [0.1, 0.15) is 6.61 Å². The standard InChI is InChI=1S/C33H48O15/c1-22(17-19-44-27(37)12-9-26(36)8-7-24(3)34)5-10-30(40)47-32(42)15-16-33(43)48-31(41)11-6-23(2)18-20-45-28(38)13-14-29(39)46-21-25(4)35/h9,12-14,22-25,34-35H,5-8,10-11,15-21H2,1-4H3/b12-9+,14-13+. The Morgan fingerprint density at radius 2 is 0.875 bits per heavy atom. The first-order chi connectivity index (χ1) is 22.6. The second-order valence-corrected chi connectivity index (χ2v) is 11.4. The smallest absolute Gasteiger partial charge is 0.331 e. The molecule has 0 spiro atoms. The van der Waals surface area contributed by atoms with Crippen LogP contribution in [-0.2, 0) is 62.0 Å². The van der Waals surface area contributed by atoms with Crippen molar-refractivity contribution in [1.29, 1.82) is 0 Å². The summed E-state index contributed by atoms with van der Waals surface area (Å²) in [6.45, 7) is 6.47. The van der Waals surface area contributed by atoms with Crippen molar-refractivity contribution in [1.82, 2.24) is 0 Å². The number of allylic oxidation sites excluding steroid dienone is 1. The lowest BCUT2D eigenvalue weighted by molar-refractivity contribution is -0.165. The third kappa shape index (κ3) is 26.9. The average molecular weight is 685 g/mol. The van der Waals surface area contributed by atoms with Crippen LogP contribution in [-0.4, -0.2) is 89.8 Å². The van der Waals surface area contributed by atoms with Crippen LogP contribution >= 0.6 is 0 Å². The van der Waals surface area contributed by atoms with Crippen molar-refractivity contribution < 1.29 is 72.3 Å². The van der Waals surface area contributed by atoms with Gasteiger partial charge in [0, 0.05) is 37.5 Å². The number of esters is 7. The second-order valence-electron chi connectivity index (χ2n) is 11.4. The minimum atomic E-state index is -0.952. The van der Waals surface area contributed by atoms with E-state index in [1.165, 1.54) is 6.92 Å². The molecule has 0 fully saturated rings. The first kappa shape index (κ1) is 43.8. The zero-order valence-corrected chi connectivity index (χ0v) is 28.0. The van der Waals surface area contributed by atoms with Gasteiger partial charge in [-0.25, -0.2) is 14.4 Å². The van der Waals surface area contributed by atoms with Gasteiger partial charge in [0.2, 0.25) is 0 Å². The number of aliphatic hydroxyl groups excluding tert-OH is 2. The molecule has 0 saturated heterocycles. The second kappa shape index (κ2) is 25.8. The van der Waals surface area contributed by atoms with Crippen molar-refractivity contribution in [3.63, 3.8) is 0 Å². The van der Waals surface area contributed by atoms with E-state index in [9.17, 15) is 38.4 Å². The van der Waals surface area contributed by atoms with Gasteiger partial charge in [-0.1, -0.05) is 13.8 Å². The topological polar surface area (TPSA) is 223 Å². The molecule has 15 nitrogen and oxygen atoms in total. The van der Waals surface area contributed by atoms with Crippen LogP contribution in [0.2, 0.25) is 0 Å². The summed E-state index contributed by atoms with van der Waals surface area (Å²) in [5.41, 5.74) is 0. The summed E-state index contributed by atoms with van der Waals surface area (Å²) in [5, 5.41) is 18.2. The summed E-state index contributed by atoms with van der Waals surface area (Å²) in [7, 11) is 0. The van der Waals surface area contributed by atoms with Crippen LogP contribution in [0.15, 0.2) is 24.3 Å². The Morgan fingerprint density at radius 1 is 0.479 bits per heavy atom. The van der Waals surface area contributed by atoms with Gasteiger partial charge in [-0.2, -0.15) is 0 Å². The lowest BCUT2D eigenvalue weighted by Gasteiger charge is -2.11. The van der Waals surface area contributed by atoms with Gasteiger partial charge in [-0.05, 0) is 63.9 Å². The molecule has 0 aliphatic rings. The Balaban J connectivity index is 4.07. The van der Waals surface area contributed by atoms with Crippen LogP contribution < -0.4 is 0 Å². The van der Waals surface area contributed by atoms with Crippen molar-refractivity contribution in [2.45, 2.75) is 104 Å². The first-order valence-electron chi connectivity index (χ1n) is 15.8. The zero-order chi connectivity index (χ0) is 36.5. The highest BCUT2D eigenvalue weighted by Gasteiger charge is 2.17. The third-order valence-corrected chi connectivity index (χ3v) is 6.42. The molecule has 0 heterocycles. The number of ketones is 1. The predicted octanol–water partition coefficient (Wildman–Crippen LogP) is 2.37. The number of carbonyl (C=O) groups excluding carboxylic acids is 8. The molecule has 0 aromatic heterocycles. The van der Waals surface area contributed by atoms with E-state index in [1.54, 1.807) is 13.8 Å². The summed E-state index contributed by atoms with van der Waals surface area (Å²) in [4.78, 5) is 94.0. The number of ether oxygens (including phenoxy) is 5. The molecule has 15 heteroatoms. The maximum absolute atomic E-state index is 12.0. The molecule has 270 valence electrons. The monoisotopic (exact) mass is 684 g/mol. The highest BCUT2D eigenvalue weighted by molar-refractivity contribution is 5.96. The fourth-order valence-electron chi connectivity index (χ4n) is 3.48. The highest BCUT2D eigenvalue weighted by Crippen LogP contribution is 2.13. The number of hydrogen-bond acceptors (Lipinski definition) is 15. The molecule has 0 aliphatic carbocycles. The molecule has 0 amide bonds. The van der Waals surface area contributed by atoms with Crippen LogP contribution in [0.4, 0.5) is 0 Å². The predicted molar refractivity (Wildman–Crippen MR) is 166 cm³/mol. The fourth-order valence-corrected chi connectivity index (χ4v) is 3.48. The maximum atomic E-state index is 12.0. The average Bonchev–Trinajstić information content (AvgIpc) is 3.01. The SMILES string of the molecule is CC(O)CCC(=O)/C=C/C(=O)OCCC(C)CCC(=O)OC(=O)CCC(=O)OC(=O)CCC(C)CCOC(=O)/C=C/C(=O)OCC(C)O. The van der Waals surface area contributed by atoms with Gasteiger partial charge < -0.3 is 33.9 Å². The number of hydrogen-bond donors (Lipinski definition) is 2. The fraction of sp³-hybridized carbons (Fsp3) is 0.636. The van der Waals surface area contributed by atoms with E-state index in [2.05, 4.69) is 14.2 Å². The molecule has 48 heavy (non-hydrogen) atoms. The van der Waals surface area contributed by atoms with Crippen LogP contribution in [0.1, 0.15) is 91.9 Å². The van der Waals surface area contributed by atoms with Gasteiger partial charge >= 0.3 is 41.8 Å². The van der Waals surface area contributed by atoms with E-state index in [1.807, 2.05) is 6.92 Å². The minimum absolute atomic E-state index is 0.0193. The van der Waals surface area contributed by atoms with Crippen molar-refractivity contribution in [2.24, 2.45) is 11.8 Å². The van der Waals surface area contributed by atoms with E-state index >= 15 is 0 Å². The van der Waals surface area contributed by atoms with E-state index in [0.717, 1.165) is 24.3 Å². The lowest BCUT2D eigenvalue weighted by Crippen LogP contribution is -2.17. The van der Waals surface area contributed by atoms with E-state index in [0.29, 0.717) is 32.1 Å². The molecule has 0 radical (unpaired) electrons. The highest BCUT2D eigenvalue weighted by atomic mass is 16.6. The summed E-state index contributed by atoms with van der Waals surface area (Å²) >= 11 is 0. The largest absolute Gasteiger partial charge is 0.463 e. The number of carbonyl (C=O) groups is 8. The Hall–Kier alpha value is -4.24. The summed E-state index contributed by atoms with van der Waals surface area (Å²) < 4.78 is 24.0. The number of rotatable bonds is 24. The van der Waals surface area contributed by atoms with Crippen LogP contribution in [0, 0.1) is 11.8 Å². The molecule has 0 aromatic rings. The van der Waals surface area contributed by atoms with Gasteiger partial charge in [-0.15, -0.1) is 0 Å². The third-order valence-electron chi connectivity index (χ3n) is 6.42. The molecule has 2 N–H and O–H groups in total. The molecule has 0 saturated carbocycles. The quantitative estimate of drug-likeness (QED) is 0.0644. The van der Waals surface area contributed by atoms with Crippen molar-refractivity contribution in [3.8, 4) is 0 Å². The zero-order valence-electron chi connectivity index (χ0n) is 28.0. The minimum Gasteiger partial charge on any atom is -0.463 e. The van der Waals surface area contributed by atoms with Gasteiger partial charge in [0.05, 0.1) is 38.3 Å². The molecule has 4 atom stereocenters. The Labute approximate surface area is 279 Å². The lowest BCUT2D eigenvalue weighted by atomic mass is 10.0. The van der Waals surface area contributed by atoms with E-state index in [4.69, 9.17) is 19.7 Å². The molecule has 4 unspecified atom stereocenters. The molecule has 0 rings (SSSR count). The maximum Gasteiger partial charge on any atom is 0.331 e. The molecule has 0 aromatic carbocycles. The molecular weight excluding hydrogens is 636 g/mol. The van der Waals surface area contributed by atoms with Gasteiger partial charge in [-0.3, -0.25) is 24.0 Å². The Kier molecular flexibility index (Phi) is 23.5. The summed E-state index contributed by atoms with van der Waals surface area (Å²) in [5.74, 6) is -6.19. The number of aliphatic hydroxyl groups is 2. The van der Waals surface area contributed by atoms with E-state index < -0.39 is 66.8 Å². The van der Waals surface area contributed by atoms with Crippen molar-refractivity contribution >= 4 is 47.6 Å². The van der Waals surface area contributed by atoms with E-state index in [-0.39, 0.29) is 56.7 Å². The van der Waals surface area contributed by atoms with Crippen molar-refractivity contribution in [3.05, 3.63) is 24.3 Å². The Morgan fingerprint density at radius 3 is 1.29 bits per heavy atom. The molecule has 0 aliphatic heterocycles. The van der Waals surface area contributed by atoms with Gasteiger partial charge in [0.25, 0.3) is 0 Å². The van der Waals surface area contributed by atoms with Crippen molar-refractivity contribution in [2.75, 3.05) is 19.8 Å². The van der Waals surface area contributed by atoms with Crippen LogP contribution in [0.25, 0.3) is 0 Å². The molecule has 0 bridgehead atoms. The normalized spacial score (nSPS) is 13.6. The first-order valence-corrected chi connectivity index (χ1v) is 15.8. The van der Waals surface area contributed by atoms with Crippen LogP contribution in [0.5, 0.6) is 0 Å². The summed E-state index contributed by atoms with van der Waals surface area (Å²) in [6, 6.07) is 0. The Bertz CT molecular complexity index is 1050. The van der Waals surface area contributed by atoms with Crippen LogP contribution in [0.3, 0.4) is 0 Å². The summed E-state index contributed by atoms with van der Waals surface area (Å²) in [6.07, 6.45) is 3.22. The molecular formula is C33H48O15. The van der Waals surface area contributed by atoms with Gasteiger partial charge in [0.15, 0.2) is 5.78 Å².